The second-order valence-corrected chi connectivity index (χ2v) is 3.01. The predicted molar refractivity (Wildman–Crippen MR) is 52.1 cm³/mol. The van der Waals surface area contributed by atoms with Gasteiger partial charge in [0.1, 0.15) is 0 Å². The van der Waals surface area contributed by atoms with Crippen LogP contribution in [0.2, 0.25) is 0 Å². The summed E-state index contributed by atoms with van der Waals surface area (Å²) in [6, 6.07) is 0. The molecule has 0 spiro atoms. The van der Waals surface area contributed by atoms with Crippen molar-refractivity contribution < 1.29 is 9.31 Å². The molecule has 0 unspecified atom stereocenters. The summed E-state index contributed by atoms with van der Waals surface area (Å²) in [6.07, 6.45) is 0. The van der Waals surface area contributed by atoms with Crippen molar-refractivity contribution in [3.05, 3.63) is 11.4 Å². The highest BCUT2D eigenvalue weighted by molar-refractivity contribution is 6.62. The molecule has 0 aliphatic carbocycles. The van der Waals surface area contributed by atoms with Gasteiger partial charge in [0.2, 0.25) is 0 Å². The number of aromatic nitrogens is 2. The summed E-state index contributed by atoms with van der Waals surface area (Å²) in [5, 5.41) is 4.28. The summed E-state index contributed by atoms with van der Waals surface area (Å²) in [4.78, 5) is 0. The lowest BCUT2D eigenvalue weighted by atomic mass is 9.77. The first kappa shape index (κ1) is 10.3. The molecule has 5 heteroatoms. The third-order valence-corrected chi connectivity index (χ3v) is 2.23. The molecule has 0 N–H and O–H groups in total. The van der Waals surface area contributed by atoms with Gasteiger partial charge in [-0.1, -0.05) is 0 Å². The molecule has 0 bridgehead atoms. The molecule has 0 saturated carbocycles. The summed E-state index contributed by atoms with van der Waals surface area (Å²) in [5.41, 5.74) is 3.05. The second-order valence-electron chi connectivity index (χ2n) is 3.01. The first-order valence-corrected chi connectivity index (χ1v) is 4.17. The molecule has 0 fully saturated rings. The molecule has 1 heterocycles. The minimum absolute atomic E-state index is 0.311. The van der Waals surface area contributed by atoms with E-state index in [1.807, 2.05) is 25.6 Å². The molecular formula is C8H15BN2O2. The predicted octanol–water partition coefficient (Wildman–Crippen LogP) is 0.0249. The number of nitrogens with zero attached hydrogens (tertiary/aromatic N) is 2. The van der Waals surface area contributed by atoms with E-state index in [1.54, 1.807) is 14.2 Å². The van der Waals surface area contributed by atoms with Crippen molar-refractivity contribution in [3.63, 3.8) is 0 Å². The fraction of sp³-hybridized carbons (Fsp3) is 0.625. The summed E-state index contributed by atoms with van der Waals surface area (Å²) in [7, 11) is 4.85. The molecule has 13 heavy (non-hydrogen) atoms. The van der Waals surface area contributed by atoms with E-state index < -0.39 is 0 Å². The monoisotopic (exact) mass is 182 g/mol. The van der Waals surface area contributed by atoms with Crippen LogP contribution in [0.3, 0.4) is 0 Å². The quantitative estimate of drug-likeness (QED) is 0.618. The molecule has 1 rings (SSSR count). The van der Waals surface area contributed by atoms with Crippen LogP contribution in [-0.4, -0.2) is 31.1 Å². The van der Waals surface area contributed by atoms with Crippen LogP contribution >= 0.6 is 0 Å². The van der Waals surface area contributed by atoms with Gasteiger partial charge in [-0.15, -0.1) is 0 Å². The maximum absolute atomic E-state index is 5.18. The van der Waals surface area contributed by atoms with Gasteiger partial charge in [0.05, 0.1) is 5.69 Å². The van der Waals surface area contributed by atoms with E-state index >= 15 is 0 Å². The Labute approximate surface area is 79.0 Å². The van der Waals surface area contributed by atoms with E-state index in [4.69, 9.17) is 9.31 Å². The lowest BCUT2D eigenvalue weighted by Gasteiger charge is -2.08. The lowest BCUT2D eigenvalue weighted by Crippen LogP contribution is -2.37. The molecule has 4 nitrogen and oxygen atoms in total. The Kier molecular flexibility index (Phi) is 3.11. The first-order chi connectivity index (χ1) is 6.11. The number of rotatable bonds is 3. The van der Waals surface area contributed by atoms with Crippen LogP contribution in [0.5, 0.6) is 0 Å². The van der Waals surface area contributed by atoms with E-state index in [9.17, 15) is 0 Å². The highest BCUT2D eigenvalue weighted by Crippen LogP contribution is 2.00. The van der Waals surface area contributed by atoms with Gasteiger partial charge in [-0.3, -0.25) is 4.68 Å². The average molecular weight is 182 g/mol. The molecule has 1 aromatic heterocycles. The summed E-state index contributed by atoms with van der Waals surface area (Å²) in [6.45, 7) is 3.95. The number of hydrogen-bond donors (Lipinski definition) is 0. The molecule has 0 atom stereocenters. The van der Waals surface area contributed by atoms with Crippen LogP contribution in [0.4, 0.5) is 0 Å². The van der Waals surface area contributed by atoms with Gasteiger partial charge in [-0.25, -0.2) is 0 Å². The average Bonchev–Trinajstić information content (AvgIpc) is 2.34. The molecule has 0 saturated heterocycles. The minimum atomic E-state index is -0.311. The largest absolute Gasteiger partial charge is 0.497 e. The Morgan fingerprint density at radius 3 is 2.08 bits per heavy atom. The Morgan fingerprint density at radius 1 is 1.23 bits per heavy atom. The molecule has 0 aromatic carbocycles. The highest BCUT2D eigenvalue weighted by atomic mass is 16.6. The molecule has 0 amide bonds. The van der Waals surface area contributed by atoms with Crippen molar-refractivity contribution in [2.75, 3.05) is 14.2 Å². The van der Waals surface area contributed by atoms with Crippen LogP contribution in [0.15, 0.2) is 0 Å². The smallest absolute Gasteiger partial charge is 0.410 e. The fourth-order valence-corrected chi connectivity index (χ4v) is 1.46. The molecule has 1 aromatic rings. The van der Waals surface area contributed by atoms with Crippen LogP contribution < -0.4 is 5.46 Å². The molecule has 72 valence electrons. The third kappa shape index (κ3) is 1.76. The Bertz CT molecular complexity index is 295. The van der Waals surface area contributed by atoms with Gasteiger partial charge in [0, 0.05) is 32.4 Å². The number of hydrogen-bond acceptors (Lipinski definition) is 3. The molecule has 0 aliphatic rings. The van der Waals surface area contributed by atoms with Crippen LogP contribution in [0.25, 0.3) is 0 Å². The van der Waals surface area contributed by atoms with Crippen LogP contribution in [0.1, 0.15) is 11.4 Å². The zero-order chi connectivity index (χ0) is 10.0. The maximum Gasteiger partial charge on any atom is 0.497 e. The van der Waals surface area contributed by atoms with E-state index in [0.717, 1.165) is 16.9 Å². The van der Waals surface area contributed by atoms with Crippen molar-refractivity contribution >= 4 is 12.6 Å². The van der Waals surface area contributed by atoms with Gasteiger partial charge in [0.25, 0.3) is 0 Å². The lowest BCUT2D eigenvalue weighted by molar-refractivity contribution is 0.291. The van der Waals surface area contributed by atoms with Gasteiger partial charge < -0.3 is 9.31 Å². The third-order valence-electron chi connectivity index (χ3n) is 2.23. The minimum Gasteiger partial charge on any atom is -0.410 e. The first-order valence-electron chi connectivity index (χ1n) is 4.17. The van der Waals surface area contributed by atoms with Crippen molar-refractivity contribution in [2.24, 2.45) is 7.05 Å². The topological polar surface area (TPSA) is 36.3 Å². The van der Waals surface area contributed by atoms with E-state index in [-0.39, 0.29) is 7.12 Å². The van der Waals surface area contributed by atoms with Crippen LogP contribution in [0, 0.1) is 13.8 Å². The highest BCUT2D eigenvalue weighted by Gasteiger charge is 2.25. The van der Waals surface area contributed by atoms with Gasteiger partial charge >= 0.3 is 7.12 Å². The SMILES string of the molecule is COB(OC)c1c(C)nn(C)c1C. The van der Waals surface area contributed by atoms with Gasteiger partial charge in [-0.2, -0.15) is 5.10 Å². The van der Waals surface area contributed by atoms with E-state index in [1.165, 1.54) is 0 Å². The molecule has 0 radical (unpaired) electrons. The number of aryl methyl sites for hydroxylation is 2. The fourth-order valence-electron chi connectivity index (χ4n) is 1.46. The zero-order valence-corrected chi connectivity index (χ0v) is 8.79. The zero-order valence-electron chi connectivity index (χ0n) is 8.79. The Balaban J connectivity index is 3.11. The van der Waals surface area contributed by atoms with Crippen molar-refractivity contribution in [3.8, 4) is 0 Å². The van der Waals surface area contributed by atoms with Crippen molar-refractivity contribution in [2.45, 2.75) is 13.8 Å². The van der Waals surface area contributed by atoms with Crippen LogP contribution in [-0.2, 0) is 16.4 Å². The summed E-state index contributed by atoms with van der Waals surface area (Å²) in [5.74, 6) is 0. The Hall–Kier alpha value is -0.805. The van der Waals surface area contributed by atoms with Gasteiger partial charge in [-0.05, 0) is 13.8 Å². The van der Waals surface area contributed by atoms with Gasteiger partial charge in [0.15, 0.2) is 0 Å². The van der Waals surface area contributed by atoms with Crippen molar-refractivity contribution in [1.29, 1.82) is 0 Å². The summed E-state index contributed by atoms with van der Waals surface area (Å²) >= 11 is 0. The normalized spacial score (nSPS) is 10.5. The van der Waals surface area contributed by atoms with Crippen molar-refractivity contribution in [1.82, 2.24) is 9.78 Å². The Morgan fingerprint density at radius 2 is 1.77 bits per heavy atom. The standard InChI is InChI=1S/C8H15BN2O2/c1-6-8(9(12-4)13-5)7(2)11(3)10-6/h1-5H3. The molecular weight excluding hydrogens is 167 g/mol. The second kappa shape index (κ2) is 3.94. The maximum atomic E-state index is 5.18. The van der Waals surface area contributed by atoms with E-state index in [0.29, 0.717) is 0 Å². The summed E-state index contributed by atoms with van der Waals surface area (Å²) < 4.78 is 12.2. The van der Waals surface area contributed by atoms with E-state index in [2.05, 4.69) is 5.10 Å². The molecule has 0 aliphatic heterocycles.